The van der Waals surface area contributed by atoms with Crippen LogP contribution in [0.1, 0.15) is 51.9 Å². The van der Waals surface area contributed by atoms with E-state index in [2.05, 4.69) is 17.6 Å². The molecule has 17 heavy (non-hydrogen) atoms. The minimum absolute atomic E-state index is 0.00120. The summed E-state index contributed by atoms with van der Waals surface area (Å²) in [6.07, 6.45) is 7.89. The molecule has 1 saturated carbocycles. The van der Waals surface area contributed by atoms with Crippen molar-refractivity contribution in [3.05, 3.63) is 0 Å². The van der Waals surface area contributed by atoms with E-state index in [4.69, 9.17) is 4.74 Å². The number of amides is 2. The molecular formula is C13H24N2O2. The number of rotatable bonds is 2. The van der Waals surface area contributed by atoms with Crippen molar-refractivity contribution in [2.45, 2.75) is 63.5 Å². The number of carbonyl (C=O) groups is 1. The highest BCUT2D eigenvalue weighted by Gasteiger charge is 2.29. The van der Waals surface area contributed by atoms with E-state index in [0.717, 1.165) is 38.9 Å². The fraction of sp³-hybridized carbons (Fsp3) is 0.923. The van der Waals surface area contributed by atoms with E-state index in [1.807, 2.05) is 0 Å². The lowest BCUT2D eigenvalue weighted by atomic mass is 9.92. The third-order valence-corrected chi connectivity index (χ3v) is 3.95. The van der Waals surface area contributed by atoms with Crippen molar-refractivity contribution in [1.82, 2.24) is 10.6 Å². The first-order valence-electron chi connectivity index (χ1n) is 6.84. The van der Waals surface area contributed by atoms with Crippen molar-refractivity contribution in [2.24, 2.45) is 0 Å². The molecule has 0 aromatic carbocycles. The second-order valence-corrected chi connectivity index (χ2v) is 5.61. The van der Waals surface area contributed by atoms with Gasteiger partial charge in [0.2, 0.25) is 0 Å². The molecule has 98 valence electrons. The average molecular weight is 240 g/mol. The molecule has 0 aromatic rings. The maximum absolute atomic E-state index is 11.9. The minimum Gasteiger partial charge on any atom is -0.381 e. The van der Waals surface area contributed by atoms with Crippen molar-refractivity contribution >= 4 is 6.03 Å². The predicted octanol–water partition coefficient (Wildman–Crippen LogP) is 2.19. The van der Waals surface area contributed by atoms with Crippen molar-refractivity contribution < 1.29 is 9.53 Å². The number of carbonyl (C=O) groups excluding carboxylic acids is 1. The Bertz CT molecular complexity index is 256. The molecule has 1 aliphatic carbocycles. The molecule has 2 fully saturated rings. The van der Waals surface area contributed by atoms with E-state index in [0.29, 0.717) is 6.04 Å². The minimum atomic E-state index is -0.0863. The monoisotopic (exact) mass is 240 g/mol. The molecule has 0 radical (unpaired) electrons. The van der Waals surface area contributed by atoms with Gasteiger partial charge in [-0.1, -0.05) is 19.3 Å². The van der Waals surface area contributed by atoms with Crippen molar-refractivity contribution in [1.29, 1.82) is 0 Å². The maximum atomic E-state index is 11.9. The summed E-state index contributed by atoms with van der Waals surface area (Å²) in [4.78, 5) is 11.9. The highest BCUT2D eigenvalue weighted by atomic mass is 16.5. The summed E-state index contributed by atoms with van der Waals surface area (Å²) in [5.74, 6) is 0. The van der Waals surface area contributed by atoms with Gasteiger partial charge in [-0.2, -0.15) is 0 Å². The van der Waals surface area contributed by atoms with Crippen LogP contribution in [0.15, 0.2) is 0 Å². The van der Waals surface area contributed by atoms with Gasteiger partial charge < -0.3 is 15.4 Å². The fourth-order valence-corrected chi connectivity index (χ4v) is 2.69. The fourth-order valence-electron chi connectivity index (χ4n) is 2.69. The normalized spacial score (nSPS) is 25.2. The van der Waals surface area contributed by atoms with E-state index in [9.17, 15) is 4.79 Å². The summed E-state index contributed by atoms with van der Waals surface area (Å²) < 4.78 is 5.32. The van der Waals surface area contributed by atoms with Crippen LogP contribution in [-0.2, 0) is 4.74 Å². The van der Waals surface area contributed by atoms with Gasteiger partial charge in [0.05, 0.1) is 0 Å². The zero-order chi connectivity index (χ0) is 12.1. The second-order valence-electron chi connectivity index (χ2n) is 5.61. The van der Waals surface area contributed by atoms with E-state index in [1.54, 1.807) is 0 Å². The van der Waals surface area contributed by atoms with Gasteiger partial charge in [-0.3, -0.25) is 0 Å². The summed E-state index contributed by atoms with van der Waals surface area (Å²) in [7, 11) is 0. The average Bonchev–Trinajstić information content (AvgIpc) is 2.30. The Kier molecular flexibility index (Phi) is 4.26. The van der Waals surface area contributed by atoms with Crippen LogP contribution in [0.4, 0.5) is 4.79 Å². The quantitative estimate of drug-likeness (QED) is 0.777. The van der Waals surface area contributed by atoms with E-state index in [-0.39, 0.29) is 11.6 Å². The van der Waals surface area contributed by atoms with Gasteiger partial charge in [0.15, 0.2) is 0 Å². The summed E-state index contributed by atoms with van der Waals surface area (Å²) >= 11 is 0. The van der Waals surface area contributed by atoms with Crippen LogP contribution in [0.3, 0.4) is 0 Å². The standard InChI is InChI=1S/C13H24N2O2/c1-13(7-9-17-10-8-13)15-12(16)14-11-5-3-2-4-6-11/h11H,2-10H2,1H3,(H2,14,15,16). The molecule has 0 aromatic heterocycles. The summed E-state index contributed by atoms with van der Waals surface area (Å²) in [5, 5.41) is 6.21. The summed E-state index contributed by atoms with van der Waals surface area (Å²) in [5.41, 5.74) is -0.0863. The van der Waals surface area contributed by atoms with Crippen LogP contribution in [0.2, 0.25) is 0 Å². The molecule has 0 spiro atoms. The SMILES string of the molecule is CC1(NC(=O)NC2CCCCC2)CCOCC1. The summed E-state index contributed by atoms with van der Waals surface area (Å²) in [6.45, 7) is 3.61. The van der Waals surface area contributed by atoms with Gasteiger partial charge in [0.1, 0.15) is 0 Å². The molecule has 2 N–H and O–H groups in total. The van der Waals surface area contributed by atoms with Gasteiger partial charge in [0.25, 0.3) is 0 Å². The molecule has 1 saturated heterocycles. The summed E-state index contributed by atoms with van der Waals surface area (Å²) in [6, 6.07) is 0.383. The lowest BCUT2D eigenvalue weighted by molar-refractivity contribution is 0.0490. The topological polar surface area (TPSA) is 50.4 Å². The van der Waals surface area contributed by atoms with E-state index >= 15 is 0 Å². The van der Waals surface area contributed by atoms with Crippen LogP contribution < -0.4 is 10.6 Å². The van der Waals surface area contributed by atoms with Gasteiger partial charge in [-0.05, 0) is 32.6 Å². The van der Waals surface area contributed by atoms with Crippen LogP contribution in [0, 0.1) is 0 Å². The largest absolute Gasteiger partial charge is 0.381 e. The van der Waals surface area contributed by atoms with Crippen LogP contribution in [-0.4, -0.2) is 30.8 Å². The molecule has 2 amide bonds. The third kappa shape index (κ3) is 3.87. The van der Waals surface area contributed by atoms with E-state index in [1.165, 1.54) is 19.3 Å². The number of hydrogen-bond donors (Lipinski definition) is 2. The van der Waals surface area contributed by atoms with Crippen LogP contribution in [0.5, 0.6) is 0 Å². The zero-order valence-electron chi connectivity index (χ0n) is 10.8. The Hall–Kier alpha value is -0.770. The van der Waals surface area contributed by atoms with Gasteiger partial charge in [-0.25, -0.2) is 4.79 Å². The molecule has 4 nitrogen and oxygen atoms in total. The Morgan fingerprint density at radius 1 is 1.18 bits per heavy atom. The number of hydrogen-bond acceptors (Lipinski definition) is 2. The predicted molar refractivity (Wildman–Crippen MR) is 67.0 cm³/mol. The third-order valence-electron chi connectivity index (χ3n) is 3.95. The number of ether oxygens (including phenoxy) is 1. The Labute approximate surface area is 103 Å². The molecule has 1 aliphatic heterocycles. The molecule has 0 atom stereocenters. The van der Waals surface area contributed by atoms with Crippen molar-refractivity contribution in [3.63, 3.8) is 0 Å². The zero-order valence-corrected chi connectivity index (χ0v) is 10.8. The number of nitrogens with one attached hydrogen (secondary N) is 2. The van der Waals surface area contributed by atoms with Gasteiger partial charge in [-0.15, -0.1) is 0 Å². The highest BCUT2D eigenvalue weighted by Crippen LogP contribution is 2.20. The highest BCUT2D eigenvalue weighted by molar-refractivity contribution is 5.75. The molecule has 0 unspecified atom stereocenters. The first-order chi connectivity index (χ1) is 8.18. The van der Waals surface area contributed by atoms with Gasteiger partial charge in [0, 0.05) is 24.8 Å². The molecule has 2 aliphatic rings. The Morgan fingerprint density at radius 3 is 2.47 bits per heavy atom. The smallest absolute Gasteiger partial charge is 0.315 e. The lowest BCUT2D eigenvalue weighted by Crippen LogP contribution is -2.54. The maximum Gasteiger partial charge on any atom is 0.315 e. The molecule has 0 bridgehead atoms. The molecule has 4 heteroatoms. The Balaban J connectivity index is 1.75. The molecule has 2 rings (SSSR count). The molecular weight excluding hydrogens is 216 g/mol. The molecule has 1 heterocycles. The first kappa shape index (κ1) is 12.7. The van der Waals surface area contributed by atoms with Crippen LogP contribution >= 0.6 is 0 Å². The number of urea groups is 1. The first-order valence-corrected chi connectivity index (χ1v) is 6.84. The van der Waals surface area contributed by atoms with Crippen LogP contribution in [0.25, 0.3) is 0 Å². The lowest BCUT2D eigenvalue weighted by Gasteiger charge is -2.35. The van der Waals surface area contributed by atoms with Crippen molar-refractivity contribution in [3.8, 4) is 0 Å². The van der Waals surface area contributed by atoms with Gasteiger partial charge >= 0.3 is 6.03 Å². The Morgan fingerprint density at radius 2 is 1.82 bits per heavy atom. The van der Waals surface area contributed by atoms with Crippen molar-refractivity contribution in [2.75, 3.05) is 13.2 Å². The second kappa shape index (κ2) is 5.71. The van der Waals surface area contributed by atoms with E-state index < -0.39 is 0 Å².